The number of hydrogen-bond acceptors (Lipinski definition) is 21. The van der Waals surface area contributed by atoms with Crippen LogP contribution in [0.1, 0.15) is 79.0 Å². The molecule has 21 rings (SSSR count). The number of hydrogen-bond donors (Lipinski definition) is 11. The Kier molecular flexibility index (Phi) is 41.5. The van der Waals surface area contributed by atoms with Crippen LogP contribution in [0.4, 0.5) is 5.69 Å². The molecule has 0 spiro atoms. The molecule has 30 nitrogen and oxygen atoms in total. The maximum Gasteiger partial charge on any atom is 1.00 e. The number of carbonyl (C=O) groups is 2. The molecule has 724 valence electrons. The number of methoxy groups -OCH3 is 4. The van der Waals surface area contributed by atoms with E-state index in [2.05, 4.69) is 142 Å². The predicted molar refractivity (Wildman–Crippen MR) is 570 cm³/mol. The molecule has 0 saturated carbocycles. The van der Waals surface area contributed by atoms with Gasteiger partial charge < -0.3 is 113 Å². The summed E-state index contributed by atoms with van der Waals surface area (Å²) in [5.41, 5.74) is 31.6. The molecule has 141 heavy (non-hydrogen) atoms. The zero-order chi connectivity index (χ0) is 97.7. The number of alkyl halides is 1. The number of thioether (sulfide) groups is 2. The van der Waals surface area contributed by atoms with E-state index < -0.39 is 10.8 Å². The molecule has 0 saturated heterocycles. The number of aromatic nitrogens is 20. The topological polar surface area (TPSA) is 408 Å². The molecule has 21 aromatic rings. The minimum absolute atomic E-state index is 0. The van der Waals surface area contributed by atoms with Gasteiger partial charge in [0.2, 0.25) is 0 Å². The van der Waals surface area contributed by atoms with Crippen LogP contribution in [0.15, 0.2) is 302 Å². The van der Waals surface area contributed by atoms with Gasteiger partial charge in [-0.1, -0.05) is 43.1 Å². The average Bonchev–Trinajstić information content (AvgIpc) is 1.67. The van der Waals surface area contributed by atoms with Crippen LogP contribution < -0.4 is 54.2 Å². The smallest absolute Gasteiger partial charge is 0.870 e. The Morgan fingerprint density at radius 3 is 1.06 bits per heavy atom. The Balaban J connectivity index is 0.000000169. The fraction of sp³-hybridized carbons (Fsp3) is 0.175. The van der Waals surface area contributed by atoms with E-state index in [0.29, 0.717) is 38.2 Å². The molecule has 14 heterocycles. The number of nitrogen functional groups attached to an aromatic ring is 1. The first kappa shape index (κ1) is 109. The van der Waals surface area contributed by atoms with Crippen LogP contribution in [-0.2, 0) is 43.5 Å². The SMILES string of the molecule is C.CC(=O)CCC(C)=O.CO.COc1cccc(CCl)c1C.COc1ccnc(CS(=O)c2nc3ccc(-n4cccc4)cc3[nH]2)c1C.COc1ccnc(CSc2nc3ccc(-n4cccc4)cc3[nH]2)c1C.COc1ccnc(CSc2nc3ccc(-n4cccc4)cc3[nH]2)c1C.Nc1ccc2[nH]c(=S)[nH]c2c1.S=c1[nH]c2ccc(-n3cccc3)cc2[nH]1.S=c1[nH]c2ccc(-n3cccc3)cc2[nH]1.[Na+].[OH-]. The number of ketones is 2. The first-order chi connectivity index (χ1) is 67.0. The van der Waals surface area contributed by atoms with Crippen LogP contribution in [0.2, 0.25) is 0 Å². The van der Waals surface area contributed by atoms with Crippen molar-refractivity contribution in [2.24, 2.45) is 0 Å². The van der Waals surface area contributed by atoms with Gasteiger partial charge >= 0.3 is 29.6 Å². The summed E-state index contributed by atoms with van der Waals surface area (Å²) in [5.74, 6) is 5.87. The summed E-state index contributed by atoms with van der Waals surface area (Å²) in [6.07, 6.45) is 26.2. The Morgan fingerprint density at radius 2 is 0.702 bits per heavy atom. The Morgan fingerprint density at radius 1 is 0.397 bits per heavy atom. The van der Waals surface area contributed by atoms with E-state index >= 15 is 0 Å². The third kappa shape index (κ3) is 29.7. The fourth-order valence-corrected chi connectivity index (χ4v) is 18.1. The number of halogens is 1. The summed E-state index contributed by atoms with van der Waals surface area (Å²) in [7, 11) is 6.32. The Bertz CT molecular complexity index is 7480. The molecule has 1 unspecified atom stereocenters. The summed E-state index contributed by atoms with van der Waals surface area (Å²) < 4.78 is 46.2. The van der Waals surface area contributed by atoms with Crippen LogP contribution in [-0.4, -0.2) is 160 Å². The molecular formula is C103H109ClN21NaO9S6. The predicted octanol–water partition coefficient (Wildman–Crippen LogP) is 20.7. The van der Waals surface area contributed by atoms with E-state index in [0.717, 1.165) is 197 Å². The van der Waals surface area contributed by atoms with Crippen molar-refractivity contribution in [3.63, 3.8) is 0 Å². The standard InChI is InChI=1S/C19H18N4O2S.2C19H18N4OS.2C11H9N3S.C9H11ClO.C7H7N3S.C6H10O2.CH4O.CH4.Na.H2O/c1-13-17(20-8-7-18(13)25-2)12-26(24)19-21-15-6-5-14(11-16(15)22-19)23-9-3-4-10-23;2*1-13-17(20-8-7-18(13)24-2)12-25-19-21-15-6-5-14(11-16(15)22-19)23-9-3-4-10-23;2*15-11-12-9-4-3-8(7-10(9)13-11)14-5-1-2-6-14;1-7-8(6-10)4-3-5-9(7)11-2;8-4-1-2-5-6(3-4)10-7(11)9-5;1-5(7)3-4-6(2)8;1-2;;;/h3-11H,12H2,1-2H3,(H,21,22);2*3-11H,12H2,1-2H3,(H,21,22);2*1-7H,(H2,12,13,15);3-5H,6H2,1-2H3;1-3H,8H2,(H2,9,10,11);3-4H2,1-2H3;2H,1H3;1H4;;1H2/q;;;;;;;;;;+1;/p-1. The molecule has 0 aliphatic rings. The summed E-state index contributed by atoms with van der Waals surface area (Å²) in [4.78, 5) is 75.8. The molecule has 38 heteroatoms. The van der Waals surface area contributed by atoms with Crippen molar-refractivity contribution in [3.05, 3.63) is 346 Å². The number of aromatic amines is 9. The maximum atomic E-state index is 12.8. The number of nitrogens with two attached hydrogens (primary N) is 1. The monoisotopic (exact) mass is 2030 g/mol. The van der Waals surface area contributed by atoms with Crippen molar-refractivity contribution in [2.75, 3.05) is 41.3 Å². The number of pyridine rings is 3. The quantitative estimate of drug-likeness (QED) is 0.00987. The molecule has 0 aliphatic carbocycles. The van der Waals surface area contributed by atoms with Gasteiger partial charge in [-0.2, -0.15) is 0 Å². The van der Waals surface area contributed by atoms with Gasteiger partial charge in [-0.15, -0.1) is 11.6 Å². The van der Waals surface area contributed by atoms with Gasteiger partial charge in [0.15, 0.2) is 29.8 Å². The number of carbonyl (C=O) groups excluding carboxylic acids is 2. The largest absolute Gasteiger partial charge is 1.00 e. The molecule has 0 fully saturated rings. The normalized spacial score (nSPS) is 10.7. The minimum Gasteiger partial charge on any atom is -0.870 e. The number of nitrogens with zero attached hydrogens (tertiary/aromatic N) is 11. The Labute approximate surface area is 868 Å². The van der Waals surface area contributed by atoms with E-state index in [1.807, 2.05) is 246 Å². The maximum absolute atomic E-state index is 12.8. The number of Topliss-reactive ketones (excluding diaryl/α,β-unsaturated/α-hetero) is 2. The van der Waals surface area contributed by atoms with Gasteiger partial charge in [-0.3, -0.25) is 19.2 Å². The molecule has 0 bridgehead atoms. The second-order valence-electron chi connectivity index (χ2n) is 30.8. The van der Waals surface area contributed by atoms with Crippen molar-refractivity contribution >= 4 is 166 Å². The van der Waals surface area contributed by atoms with Gasteiger partial charge in [0.25, 0.3) is 0 Å². The molecule has 0 amide bonds. The molecule has 0 radical (unpaired) electrons. The van der Waals surface area contributed by atoms with Crippen LogP contribution in [0.3, 0.4) is 0 Å². The molecule has 13 N–H and O–H groups in total. The van der Waals surface area contributed by atoms with E-state index in [4.69, 9.17) is 78.0 Å². The van der Waals surface area contributed by atoms with Crippen LogP contribution >= 0.6 is 71.8 Å². The number of aliphatic hydroxyl groups is 1. The second-order valence-corrected chi connectivity index (χ2v) is 35.6. The molecular weight excluding hydrogens is 1930 g/mol. The second kappa shape index (κ2) is 53.6. The number of benzene rings is 7. The molecule has 14 aromatic heterocycles. The third-order valence-corrected chi connectivity index (χ3v) is 25.4. The zero-order valence-corrected chi connectivity index (χ0v) is 86.6. The van der Waals surface area contributed by atoms with Gasteiger partial charge in [-0.25, -0.2) is 15.0 Å². The first-order valence-electron chi connectivity index (χ1n) is 43.3. The van der Waals surface area contributed by atoms with Gasteiger partial charge in [0, 0.05) is 169 Å². The number of rotatable bonds is 22. The number of imidazole rings is 6. The average molecular weight is 2040 g/mol. The Hall–Kier alpha value is -13.7. The summed E-state index contributed by atoms with van der Waals surface area (Å²) >= 11 is 24.0. The summed E-state index contributed by atoms with van der Waals surface area (Å²) in [6, 6.07) is 67.7. The van der Waals surface area contributed by atoms with E-state index in [1.54, 1.807) is 76.6 Å². The van der Waals surface area contributed by atoms with Crippen molar-refractivity contribution in [2.45, 2.75) is 100 Å². The van der Waals surface area contributed by atoms with Gasteiger partial charge in [-0.05, 0) is 283 Å². The number of H-pyrrole nitrogens is 9. The number of aliphatic hydroxyl groups excluding tert-OH is 1. The number of anilines is 1. The van der Waals surface area contributed by atoms with Crippen molar-refractivity contribution in [3.8, 4) is 51.4 Å². The first-order valence-corrected chi connectivity index (χ1v) is 48.3. The third-order valence-electron chi connectivity index (χ3n) is 21.6. The van der Waals surface area contributed by atoms with Crippen LogP contribution in [0.5, 0.6) is 23.0 Å². The number of nitrogens with one attached hydrogen (secondary N) is 9. The molecule has 1 atom stereocenters. The minimum atomic E-state index is -1.32. The molecule has 0 aliphatic heterocycles. The van der Waals surface area contributed by atoms with E-state index in [1.165, 1.54) is 13.8 Å². The van der Waals surface area contributed by atoms with Crippen molar-refractivity contribution in [1.82, 2.24) is 97.6 Å². The van der Waals surface area contributed by atoms with Gasteiger partial charge in [0.05, 0.1) is 128 Å². The van der Waals surface area contributed by atoms with Gasteiger partial charge in [0.1, 0.15) is 34.6 Å². The number of fused-ring (bicyclic) bond motifs is 6. The van der Waals surface area contributed by atoms with Crippen LogP contribution in [0, 0.1) is 42.0 Å². The van der Waals surface area contributed by atoms with Crippen LogP contribution in [0.25, 0.3) is 94.6 Å². The zero-order valence-electron chi connectivity index (χ0n) is 79.0. The molecule has 7 aromatic carbocycles. The van der Waals surface area contributed by atoms with E-state index in [-0.39, 0.29) is 59.8 Å². The van der Waals surface area contributed by atoms with Crippen molar-refractivity contribution < 1.29 is 72.9 Å². The number of ether oxygens (including phenoxy) is 4. The summed E-state index contributed by atoms with van der Waals surface area (Å²) in [6.45, 7) is 11.0. The van der Waals surface area contributed by atoms with E-state index in [9.17, 15) is 13.8 Å². The van der Waals surface area contributed by atoms with Crippen molar-refractivity contribution in [1.29, 1.82) is 0 Å². The summed E-state index contributed by atoms with van der Waals surface area (Å²) in [5, 5.41) is 9.24. The fourth-order valence-electron chi connectivity index (χ4n) is 14.2.